The fourth-order valence-electron chi connectivity index (χ4n) is 1.86. The van der Waals surface area contributed by atoms with Gasteiger partial charge in [0, 0.05) is 17.7 Å². The lowest BCUT2D eigenvalue weighted by atomic mass is 10.1. The minimum atomic E-state index is -0.960. The monoisotopic (exact) mass is 266 g/mol. The van der Waals surface area contributed by atoms with Crippen LogP contribution in [-0.4, -0.2) is 21.0 Å². The number of carboxylic acid groups (broad SMARTS) is 1. The molecule has 2 rings (SSSR count). The van der Waals surface area contributed by atoms with Crippen LogP contribution in [0.1, 0.15) is 17.9 Å². The molecule has 4 nitrogen and oxygen atoms in total. The molecule has 0 aliphatic rings. The number of hydrogen-bond acceptors (Lipinski definition) is 2. The number of rotatable bonds is 4. The summed E-state index contributed by atoms with van der Waals surface area (Å²) < 4.78 is 26.9. The Morgan fingerprint density at radius 3 is 2.84 bits per heavy atom. The molecule has 1 aromatic heterocycles. The van der Waals surface area contributed by atoms with Gasteiger partial charge in [-0.3, -0.25) is 4.79 Å². The summed E-state index contributed by atoms with van der Waals surface area (Å²) in [6.45, 7) is 1.67. The van der Waals surface area contributed by atoms with Crippen molar-refractivity contribution < 1.29 is 18.7 Å². The van der Waals surface area contributed by atoms with Crippen molar-refractivity contribution in [1.29, 1.82) is 0 Å². The number of hydrogen-bond donors (Lipinski definition) is 2. The van der Waals surface area contributed by atoms with E-state index in [1.165, 1.54) is 0 Å². The molecule has 1 aromatic carbocycles. The summed E-state index contributed by atoms with van der Waals surface area (Å²) in [7, 11) is 0. The van der Waals surface area contributed by atoms with Crippen molar-refractivity contribution in [1.82, 2.24) is 9.97 Å². The first-order chi connectivity index (χ1) is 8.97. The second-order valence-corrected chi connectivity index (χ2v) is 4.17. The predicted molar refractivity (Wildman–Crippen MR) is 64.6 cm³/mol. The number of halogens is 2. The Morgan fingerprint density at radius 1 is 1.42 bits per heavy atom. The third kappa shape index (κ3) is 2.96. The third-order valence-corrected chi connectivity index (χ3v) is 2.67. The number of aliphatic carboxylic acids is 1. The van der Waals surface area contributed by atoms with Crippen molar-refractivity contribution in [3.8, 4) is 11.3 Å². The van der Waals surface area contributed by atoms with E-state index in [2.05, 4.69) is 9.97 Å². The Balaban J connectivity index is 2.43. The molecule has 0 spiro atoms. The minimum Gasteiger partial charge on any atom is -0.481 e. The standard InChI is InChI=1S/C13H12F2N2O2/c1-7-16-11(4-5-12(18)19)13(17-7)9-6-8(14)2-3-10(9)15/h2-3,6H,4-5H2,1H3,(H,16,17)(H,18,19). The van der Waals surface area contributed by atoms with Crippen molar-refractivity contribution in [2.45, 2.75) is 19.8 Å². The van der Waals surface area contributed by atoms with Gasteiger partial charge in [0.15, 0.2) is 0 Å². The van der Waals surface area contributed by atoms with Gasteiger partial charge in [-0.15, -0.1) is 0 Å². The highest BCUT2D eigenvalue weighted by molar-refractivity contribution is 5.68. The number of aromatic nitrogens is 2. The molecule has 2 aromatic rings. The number of nitrogens with one attached hydrogen (secondary N) is 1. The van der Waals surface area contributed by atoms with Crippen molar-refractivity contribution >= 4 is 5.97 Å². The van der Waals surface area contributed by atoms with Gasteiger partial charge in [0.1, 0.15) is 17.5 Å². The maximum absolute atomic E-state index is 13.7. The number of aryl methyl sites for hydroxylation is 2. The third-order valence-electron chi connectivity index (χ3n) is 2.67. The van der Waals surface area contributed by atoms with E-state index < -0.39 is 17.6 Å². The van der Waals surface area contributed by atoms with E-state index in [9.17, 15) is 13.6 Å². The zero-order valence-corrected chi connectivity index (χ0v) is 10.2. The summed E-state index contributed by atoms with van der Waals surface area (Å²) in [5, 5.41) is 8.67. The SMILES string of the molecule is Cc1nc(-c2cc(F)ccc2F)c(CCC(=O)O)[nH]1. The van der Waals surface area contributed by atoms with Gasteiger partial charge in [-0.25, -0.2) is 13.8 Å². The normalized spacial score (nSPS) is 10.7. The Hall–Kier alpha value is -2.24. The number of benzene rings is 1. The fraction of sp³-hybridized carbons (Fsp3) is 0.231. The van der Waals surface area contributed by atoms with E-state index in [0.29, 0.717) is 11.5 Å². The smallest absolute Gasteiger partial charge is 0.303 e. The van der Waals surface area contributed by atoms with Gasteiger partial charge in [0.05, 0.1) is 12.1 Å². The van der Waals surface area contributed by atoms with Gasteiger partial charge in [-0.2, -0.15) is 0 Å². The largest absolute Gasteiger partial charge is 0.481 e. The number of nitrogens with zero attached hydrogens (tertiary/aromatic N) is 1. The van der Waals surface area contributed by atoms with Crippen LogP contribution >= 0.6 is 0 Å². The Kier molecular flexibility index (Phi) is 3.59. The van der Waals surface area contributed by atoms with E-state index in [1.54, 1.807) is 6.92 Å². The summed E-state index contributed by atoms with van der Waals surface area (Å²) in [5.41, 5.74) is 0.782. The van der Waals surface area contributed by atoms with Gasteiger partial charge in [-0.05, 0) is 25.1 Å². The van der Waals surface area contributed by atoms with E-state index in [0.717, 1.165) is 18.2 Å². The summed E-state index contributed by atoms with van der Waals surface area (Å²) in [6.07, 6.45) is 0.0764. The Bertz CT molecular complexity index is 623. The van der Waals surface area contributed by atoms with Crippen molar-refractivity contribution in [2.24, 2.45) is 0 Å². The second-order valence-electron chi connectivity index (χ2n) is 4.17. The van der Waals surface area contributed by atoms with Crippen LogP contribution in [-0.2, 0) is 11.2 Å². The zero-order chi connectivity index (χ0) is 14.0. The molecule has 19 heavy (non-hydrogen) atoms. The second kappa shape index (κ2) is 5.17. The van der Waals surface area contributed by atoms with Gasteiger partial charge >= 0.3 is 5.97 Å². The molecule has 0 amide bonds. The maximum atomic E-state index is 13.7. The molecule has 0 aliphatic heterocycles. The zero-order valence-electron chi connectivity index (χ0n) is 10.2. The molecule has 0 saturated carbocycles. The Morgan fingerprint density at radius 2 is 2.16 bits per heavy atom. The first-order valence-electron chi connectivity index (χ1n) is 5.70. The molecule has 100 valence electrons. The number of imidazole rings is 1. The average molecular weight is 266 g/mol. The summed E-state index contributed by atoms with van der Waals surface area (Å²) in [5.74, 6) is -1.59. The molecule has 0 atom stereocenters. The fourth-order valence-corrected chi connectivity index (χ4v) is 1.86. The highest BCUT2D eigenvalue weighted by Gasteiger charge is 2.16. The molecule has 0 unspecified atom stereocenters. The predicted octanol–water partition coefficient (Wildman–Crippen LogP) is 2.68. The lowest BCUT2D eigenvalue weighted by Crippen LogP contribution is -1.99. The lowest BCUT2D eigenvalue weighted by molar-refractivity contribution is -0.136. The van der Waals surface area contributed by atoms with Crippen LogP contribution in [0.2, 0.25) is 0 Å². The quantitative estimate of drug-likeness (QED) is 0.894. The van der Waals surface area contributed by atoms with Gasteiger partial charge in [0.25, 0.3) is 0 Å². The molecule has 2 N–H and O–H groups in total. The topological polar surface area (TPSA) is 66.0 Å². The van der Waals surface area contributed by atoms with E-state index in [1.807, 2.05) is 0 Å². The lowest BCUT2D eigenvalue weighted by Gasteiger charge is -2.03. The molecule has 6 heteroatoms. The minimum absolute atomic E-state index is 0.0322. The van der Waals surface area contributed by atoms with Crippen LogP contribution in [0, 0.1) is 18.6 Å². The molecule has 0 aliphatic carbocycles. The highest BCUT2D eigenvalue weighted by atomic mass is 19.1. The first kappa shape index (κ1) is 13.2. The number of carboxylic acids is 1. The van der Waals surface area contributed by atoms with Crippen molar-refractivity contribution in [2.75, 3.05) is 0 Å². The van der Waals surface area contributed by atoms with E-state index in [4.69, 9.17) is 5.11 Å². The van der Waals surface area contributed by atoms with Crippen LogP contribution in [0.15, 0.2) is 18.2 Å². The summed E-state index contributed by atoms with van der Waals surface area (Å²) in [4.78, 5) is 17.6. The van der Waals surface area contributed by atoms with Crippen LogP contribution < -0.4 is 0 Å². The number of carbonyl (C=O) groups is 1. The van der Waals surface area contributed by atoms with Crippen LogP contribution in [0.5, 0.6) is 0 Å². The molecule has 0 fully saturated rings. The highest BCUT2D eigenvalue weighted by Crippen LogP contribution is 2.26. The van der Waals surface area contributed by atoms with Crippen molar-refractivity contribution in [3.05, 3.63) is 41.4 Å². The van der Waals surface area contributed by atoms with Crippen molar-refractivity contribution in [3.63, 3.8) is 0 Å². The molecule has 0 bridgehead atoms. The van der Waals surface area contributed by atoms with Crippen LogP contribution in [0.3, 0.4) is 0 Å². The molecule has 0 saturated heterocycles. The number of H-pyrrole nitrogens is 1. The van der Waals surface area contributed by atoms with Gasteiger partial charge in [-0.1, -0.05) is 0 Å². The first-order valence-corrected chi connectivity index (χ1v) is 5.70. The Labute approximate surface area is 108 Å². The van der Waals surface area contributed by atoms with Gasteiger partial charge < -0.3 is 10.1 Å². The molecular formula is C13H12F2N2O2. The van der Waals surface area contributed by atoms with Crippen LogP contribution in [0.25, 0.3) is 11.3 Å². The summed E-state index contributed by atoms with van der Waals surface area (Å²) in [6, 6.07) is 3.10. The number of aromatic amines is 1. The van der Waals surface area contributed by atoms with E-state index >= 15 is 0 Å². The van der Waals surface area contributed by atoms with Crippen LogP contribution in [0.4, 0.5) is 8.78 Å². The molecular weight excluding hydrogens is 254 g/mol. The average Bonchev–Trinajstić information content (AvgIpc) is 2.71. The molecule has 1 heterocycles. The maximum Gasteiger partial charge on any atom is 0.303 e. The van der Waals surface area contributed by atoms with E-state index in [-0.39, 0.29) is 24.1 Å². The summed E-state index contributed by atoms with van der Waals surface area (Å²) >= 11 is 0. The molecule has 0 radical (unpaired) electrons. The van der Waals surface area contributed by atoms with Gasteiger partial charge in [0.2, 0.25) is 0 Å².